The topological polar surface area (TPSA) is 73.3 Å². The van der Waals surface area contributed by atoms with Gasteiger partial charge >= 0.3 is 5.97 Å². The second-order valence-electron chi connectivity index (χ2n) is 5.00. The molecule has 0 saturated heterocycles. The molecule has 0 saturated carbocycles. The standard InChI is InChI=1S/C17H17N3O3S/c1-4-23-12-8-6-5-7-11(12)20-15-13-10(2)14(17(21)22-3)24-16(13)19-9-18-15/h5-9H,4H2,1-3H3,(H,18,19,20). The van der Waals surface area contributed by atoms with Gasteiger partial charge in [0.1, 0.15) is 27.6 Å². The molecule has 7 heteroatoms. The third-order valence-corrected chi connectivity index (χ3v) is 4.72. The first kappa shape index (κ1) is 16.2. The normalized spacial score (nSPS) is 10.6. The lowest BCUT2D eigenvalue weighted by Crippen LogP contribution is -2.01. The number of nitrogens with one attached hydrogen (secondary N) is 1. The largest absolute Gasteiger partial charge is 0.492 e. The maximum Gasteiger partial charge on any atom is 0.348 e. The number of thiophene rings is 1. The highest BCUT2D eigenvalue weighted by Gasteiger charge is 2.20. The van der Waals surface area contributed by atoms with Gasteiger partial charge in [-0.2, -0.15) is 0 Å². The predicted octanol–water partition coefficient (Wildman–Crippen LogP) is 3.93. The fourth-order valence-electron chi connectivity index (χ4n) is 2.43. The average molecular weight is 343 g/mol. The van der Waals surface area contributed by atoms with E-state index in [-0.39, 0.29) is 5.97 Å². The number of esters is 1. The van der Waals surface area contributed by atoms with Gasteiger partial charge in [-0.3, -0.25) is 0 Å². The van der Waals surface area contributed by atoms with Crippen LogP contribution in [0.1, 0.15) is 22.2 Å². The highest BCUT2D eigenvalue weighted by Crippen LogP contribution is 2.36. The van der Waals surface area contributed by atoms with Crippen LogP contribution in [0, 0.1) is 6.92 Å². The Morgan fingerprint density at radius 3 is 2.83 bits per heavy atom. The summed E-state index contributed by atoms with van der Waals surface area (Å²) in [6, 6.07) is 7.65. The number of anilines is 2. The molecule has 124 valence electrons. The Balaban J connectivity index is 2.08. The summed E-state index contributed by atoms with van der Waals surface area (Å²) in [6.07, 6.45) is 1.48. The number of para-hydroxylation sites is 2. The molecule has 0 aliphatic heterocycles. The van der Waals surface area contributed by atoms with E-state index in [1.165, 1.54) is 24.8 Å². The molecule has 0 radical (unpaired) electrons. The van der Waals surface area contributed by atoms with Gasteiger partial charge in [-0.05, 0) is 31.5 Å². The van der Waals surface area contributed by atoms with E-state index >= 15 is 0 Å². The maximum absolute atomic E-state index is 11.9. The first-order valence-corrected chi connectivity index (χ1v) is 8.28. The number of hydrogen-bond donors (Lipinski definition) is 1. The highest BCUT2D eigenvalue weighted by molar-refractivity contribution is 7.20. The molecule has 2 aromatic heterocycles. The molecular weight excluding hydrogens is 326 g/mol. The Labute approximate surface area is 143 Å². The van der Waals surface area contributed by atoms with Crippen molar-refractivity contribution in [1.82, 2.24) is 9.97 Å². The number of aryl methyl sites for hydroxylation is 1. The van der Waals surface area contributed by atoms with Crippen molar-refractivity contribution in [2.75, 3.05) is 19.0 Å². The van der Waals surface area contributed by atoms with E-state index in [0.29, 0.717) is 17.3 Å². The van der Waals surface area contributed by atoms with Crippen molar-refractivity contribution in [3.05, 3.63) is 41.0 Å². The number of ether oxygens (including phenoxy) is 2. The van der Waals surface area contributed by atoms with Gasteiger partial charge < -0.3 is 14.8 Å². The second kappa shape index (κ2) is 6.84. The first-order chi connectivity index (χ1) is 11.7. The van der Waals surface area contributed by atoms with E-state index in [4.69, 9.17) is 9.47 Å². The molecule has 0 atom stereocenters. The van der Waals surface area contributed by atoms with Crippen molar-refractivity contribution in [2.45, 2.75) is 13.8 Å². The fraction of sp³-hybridized carbons (Fsp3) is 0.235. The van der Waals surface area contributed by atoms with E-state index in [2.05, 4.69) is 15.3 Å². The van der Waals surface area contributed by atoms with Crippen molar-refractivity contribution >= 4 is 39.0 Å². The number of hydrogen-bond acceptors (Lipinski definition) is 7. The molecule has 0 aliphatic rings. The highest BCUT2D eigenvalue weighted by atomic mass is 32.1. The molecule has 1 aromatic carbocycles. The number of carbonyl (C=O) groups excluding carboxylic acids is 1. The average Bonchev–Trinajstić information content (AvgIpc) is 2.94. The lowest BCUT2D eigenvalue weighted by atomic mass is 10.2. The maximum atomic E-state index is 11.9. The molecule has 3 rings (SSSR count). The zero-order chi connectivity index (χ0) is 17.1. The van der Waals surface area contributed by atoms with E-state index in [1.54, 1.807) is 0 Å². The lowest BCUT2D eigenvalue weighted by Gasteiger charge is -2.12. The molecule has 2 heterocycles. The fourth-order valence-corrected chi connectivity index (χ4v) is 3.50. The molecular formula is C17H17N3O3S. The second-order valence-corrected chi connectivity index (χ2v) is 6.00. The van der Waals surface area contributed by atoms with Crippen LogP contribution in [0.5, 0.6) is 5.75 Å². The molecule has 0 unspecified atom stereocenters. The van der Waals surface area contributed by atoms with Gasteiger partial charge in [0.05, 0.1) is 24.8 Å². The Kier molecular flexibility index (Phi) is 4.61. The van der Waals surface area contributed by atoms with Crippen LogP contribution in [-0.2, 0) is 4.74 Å². The number of rotatable bonds is 5. The van der Waals surface area contributed by atoms with E-state index in [0.717, 1.165) is 27.2 Å². The minimum atomic E-state index is -0.365. The van der Waals surface area contributed by atoms with Crippen LogP contribution < -0.4 is 10.1 Å². The minimum Gasteiger partial charge on any atom is -0.492 e. The van der Waals surface area contributed by atoms with Crippen molar-refractivity contribution in [1.29, 1.82) is 0 Å². The third kappa shape index (κ3) is 2.90. The minimum absolute atomic E-state index is 0.365. The number of methoxy groups -OCH3 is 1. The quantitative estimate of drug-likeness (QED) is 0.708. The molecule has 0 fully saturated rings. The predicted molar refractivity (Wildman–Crippen MR) is 94.4 cm³/mol. The lowest BCUT2D eigenvalue weighted by molar-refractivity contribution is 0.0605. The van der Waals surface area contributed by atoms with Crippen molar-refractivity contribution in [3.8, 4) is 5.75 Å². The van der Waals surface area contributed by atoms with Gasteiger partial charge in [0.15, 0.2) is 0 Å². The molecule has 24 heavy (non-hydrogen) atoms. The summed E-state index contributed by atoms with van der Waals surface area (Å²) < 4.78 is 10.5. The van der Waals surface area contributed by atoms with Gasteiger partial charge in [-0.25, -0.2) is 14.8 Å². The van der Waals surface area contributed by atoms with E-state index in [1.807, 2.05) is 38.1 Å². The van der Waals surface area contributed by atoms with Crippen LogP contribution in [0.15, 0.2) is 30.6 Å². The Bertz CT molecular complexity index is 892. The van der Waals surface area contributed by atoms with Gasteiger partial charge in [0, 0.05) is 0 Å². The van der Waals surface area contributed by atoms with Gasteiger partial charge in [-0.15, -0.1) is 11.3 Å². The number of carbonyl (C=O) groups is 1. The molecule has 6 nitrogen and oxygen atoms in total. The molecule has 0 amide bonds. The van der Waals surface area contributed by atoms with Crippen LogP contribution in [0.3, 0.4) is 0 Å². The van der Waals surface area contributed by atoms with Crippen LogP contribution in [0.25, 0.3) is 10.2 Å². The van der Waals surface area contributed by atoms with Crippen molar-refractivity contribution in [3.63, 3.8) is 0 Å². The summed E-state index contributed by atoms with van der Waals surface area (Å²) in [5.41, 5.74) is 1.61. The van der Waals surface area contributed by atoms with Crippen LogP contribution in [0.2, 0.25) is 0 Å². The number of aromatic nitrogens is 2. The SMILES string of the molecule is CCOc1ccccc1Nc1ncnc2sc(C(=O)OC)c(C)c12. The number of benzene rings is 1. The molecule has 3 aromatic rings. The van der Waals surface area contributed by atoms with Crippen molar-refractivity contribution < 1.29 is 14.3 Å². The zero-order valence-electron chi connectivity index (χ0n) is 13.6. The summed E-state index contributed by atoms with van der Waals surface area (Å²) in [5.74, 6) is 1.01. The Morgan fingerprint density at radius 2 is 2.08 bits per heavy atom. The summed E-state index contributed by atoms with van der Waals surface area (Å²) in [7, 11) is 1.37. The van der Waals surface area contributed by atoms with Gasteiger partial charge in [-0.1, -0.05) is 12.1 Å². The first-order valence-electron chi connectivity index (χ1n) is 7.47. The van der Waals surface area contributed by atoms with Crippen LogP contribution >= 0.6 is 11.3 Å². The molecule has 0 aliphatic carbocycles. The third-order valence-electron chi connectivity index (χ3n) is 3.54. The molecule has 1 N–H and O–H groups in total. The van der Waals surface area contributed by atoms with Gasteiger partial charge in [0.2, 0.25) is 0 Å². The smallest absolute Gasteiger partial charge is 0.348 e. The van der Waals surface area contributed by atoms with Gasteiger partial charge in [0.25, 0.3) is 0 Å². The summed E-state index contributed by atoms with van der Waals surface area (Å²) in [4.78, 5) is 21.8. The number of fused-ring (bicyclic) bond motifs is 1. The Morgan fingerprint density at radius 1 is 1.29 bits per heavy atom. The van der Waals surface area contributed by atoms with Crippen LogP contribution in [0.4, 0.5) is 11.5 Å². The Hall–Kier alpha value is -2.67. The van der Waals surface area contributed by atoms with E-state index in [9.17, 15) is 4.79 Å². The number of nitrogens with zero attached hydrogens (tertiary/aromatic N) is 2. The summed E-state index contributed by atoms with van der Waals surface area (Å²) in [5, 5.41) is 4.10. The monoisotopic (exact) mass is 343 g/mol. The van der Waals surface area contributed by atoms with Crippen molar-refractivity contribution in [2.24, 2.45) is 0 Å². The molecule has 0 bridgehead atoms. The van der Waals surface area contributed by atoms with E-state index < -0.39 is 0 Å². The molecule has 0 spiro atoms. The zero-order valence-corrected chi connectivity index (χ0v) is 14.4. The summed E-state index contributed by atoms with van der Waals surface area (Å²) in [6.45, 7) is 4.38. The summed E-state index contributed by atoms with van der Waals surface area (Å²) >= 11 is 1.30. The van der Waals surface area contributed by atoms with Crippen LogP contribution in [-0.4, -0.2) is 29.7 Å².